The van der Waals surface area contributed by atoms with E-state index in [0.717, 1.165) is 6.07 Å². The van der Waals surface area contributed by atoms with Crippen molar-refractivity contribution >= 4 is 29.1 Å². The topological polar surface area (TPSA) is 58.6 Å². The van der Waals surface area contributed by atoms with E-state index >= 15 is 0 Å². The van der Waals surface area contributed by atoms with Crippen LogP contribution in [0.3, 0.4) is 0 Å². The van der Waals surface area contributed by atoms with E-state index in [2.05, 4.69) is 5.32 Å². The fourth-order valence-corrected chi connectivity index (χ4v) is 2.35. The molecule has 24 heavy (non-hydrogen) atoms. The molecule has 0 heterocycles. The Bertz CT molecular complexity index is 773. The summed E-state index contributed by atoms with van der Waals surface area (Å²) in [5.41, 5.74) is 0.329. The molecule has 0 radical (unpaired) electrons. The van der Waals surface area contributed by atoms with Crippen LogP contribution in [-0.4, -0.2) is 37.9 Å². The maximum Gasteiger partial charge on any atom is 0.260 e. The molecule has 0 fully saturated rings. The van der Waals surface area contributed by atoms with E-state index in [1.807, 2.05) is 0 Å². The Morgan fingerprint density at radius 2 is 1.92 bits per heavy atom. The number of halogens is 2. The minimum Gasteiger partial charge on any atom is -0.495 e. The van der Waals surface area contributed by atoms with E-state index < -0.39 is 11.7 Å². The van der Waals surface area contributed by atoms with Crippen molar-refractivity contribution in [3.05, 3.63) is 58.4 Å². The molecule has 7 heteroatoms. The molecule has 2 rings (SSSR count). The summed E-state index contributed by atoms with van der Waals surface area (Å²) in [4.78, 5) is 25.8. The molecule has 2 aromatic rings. The minimum atomic E-state index is -0.737. The molecule has 5 nitrogen and oxygen atoms in total. The molecule has 0 aliphatic heterocycles. The number of ether oxygens (including phenoxy) is 1. The Morgan fingerprint density at radius 1 is 1.21 bits per heavy atom. The minimum absolute atomic E-state index is 0.00742. The monoisotopic (exact) mass is 350 g/mol. The lowest BCUT2D eigenvalue weighted by Gasteiger charge is -2.15. The van der Waals surface area contributed by atoms with Crippen molar-refractivity contribution in [1.29, 1.82) is 0 Å². The molecule has 0 aliphatic rings. The van der Waals surface area contributed by atoms with Crippen LogP contribution in [-0.2, 0) is 0 Å². The number of nitrogens with one attached hydrogen (secondary N) is 1. The zero-order valence-corrected chi connectivity index (χ0v) is 14.1. The van der Waals surface area contributed by atoms with Crippen LogP contribution < -0.4 is 10.1 Å². The Morgan fingerprint density at radius 3 is 2.50 bits per heavy atom. The van der Waals surface area contributed by atoms with Crippen molar-refractivity contribution < 1.29 is 18.7 Å². The molecular formula is C17H16ClFN2O3. The molecule has 0 aromatic heterocycles. The number of carbonyl (C=O) groups is 2. The Hall–Kier alpha value is -2.60. The van der Waals surface area contributed by atoms with Gasteiger partial charge in [0.25, 0.3) is 11.8 Å². The Labute approximate surface area is 144 Å². The van der Waals surface area contributed by atoms with E-state index in [4.69, 9.17) is 16.3 Å². The van der Waals surface area contributed by atoms with Gasteiger partial charge < -0.3 is 15.0 Å². The van der Waals surface area contributed by atoms with Crippen molar-refractivity contribution in [1.82, 2.24) is 4.90 Å². The number of amides is 2. The fourth-order valence-electron chi connectivity index (χ4n) is 2.10. The molecule has 0 unspecified atom stereocenters. The second-order valence-corrected chi connectivity index (χ2v) is 5.57. The van der Waals surface area contributed by atoms with E-state index in [9.17, 15) is 14.0 Å². The van der Waals surface area contributed by atoms with Gasteiger partial charge in [0, 0.05) is 19.7 Å². The molecule has 0 saturated carbocycles. The normalized spacial score (nSPS) is 10.2. The van der Waals surface area contributed by atoms with Gasteiger partial charge in [0.15, 0.2) is 0 Å². The molecule has 1 N–H and O–H groups in total. The van der Waals surface area contributed by atoms with Crippen LogP contribution in [0.2, 0.25) is 5.02 Å². The average Bonchev–Trinajstić information content (AvgIpc) is 2.53. The zero-order valence-electron chi connectivity index (χ0n) is 13.4. The van der Waals surface area contributed by atoms with Gasteiger partial charge in [0.1, 0.15) is 11.6 Å². The number of anilines is 1. The molecule has 0 bridgehead atoms. The van der Waals surface area contributed by atoms with Crippen molar-refractivity contribution in [2.24, 2.45) is 0 Å². The lowest BCUT2D eigenvalue weighted by atomic mass is 10.1. The molecule has 0 saturated heterocycles. The summed E-state index contributed by atoms with van der Waals surface area (Å²) < 4.78 is 19.0. The second kappa shape index (κ2) is 7.31. The third-order valence-electron chi connectivity index (χ3n) is 3.29. The van der Waals surface area contributed by atoms with Crippen LogP contribution in [0, 0.1) is 5.82 Å². The predicted molar refractivity (Wildman–Crippen MR) is 90.4 cm³/mol. The number of hydrogen-bond acceptors (Lipinski definition) is 3. The zero-order chi connectivity index (χ0) is 17.9. The third-order valence-corrected chi connectivity index (χ3v) is 3.61. The lowest BCUT2D eigenvalue weighted by molar-refractivity contribution is 0.0827. The van der Waals surface area contributed by atoms with Crippen molar-refractivity contribution in [2.75, 3.05) is 26.5 Å². The standard InChI is InChI=1S/C17H16ClFN2O3/c1-21(2)17(23)10-7-8-14(24-3)13(9-10)20-16(22)15-11(18)5-4-6-12(15)19/h4-9H,1-3H3,(H,20,22). The number of carbonyl (C=O) groups excluding carboxylic acids is 2. The number of methoxy groups -OCH3 is 1. The van der Waals surface area contributed by atoms with E-state index in [1.54, 1.807) is 26.2 Å². The van der Waals surface area contributed by atoms with Gasteiger partial charge in [0.05, 0.1) is 23.4 Å². The molecule has 2 amide bonds. The highest BCUT2D eigenvalue weighted by Gasteiger charge is 2.19. The summed E-state index contributed by atoms with van der Waals surface area (Å²) in [6.45, 7) is 0. The molecular weight excluding hydrogens is 335 g/mol. The first-order valence-corrected chi connectivity index (χ1v) is 7.38. The maximum atomic E-state index is 13.9. The Balaban J connectivity index is 2.39. The van der Waals surface area contributed by atoms with Crippen molar-refractivity contribution in [3.63, 3.8) is 0 Å². The van der Waals surface area contributed by atoms with Crippen LogP contribution >= 0.6 is 11.6 Å². The summed E-state index contributed by atoms with van der Waals surface area (Å²) in [6, 6.07) is 8.56. The SMILES string of the molecule is COc1ccc(C(=O)N(C)C)cc1NC(=O)c1c(F)cccc1Cl. The molecule has 2 aromatic carbocycles. The van der Waals surface area contributed by atoms with Crippen LogP contribution in [0.25, 0.3) is 0 Å². The number of nitrogens with zero attached hydrogens (tertiary/aromatic N) is 1. The van der Waals surface area contributed by atoms with Gasteiger partial charge in [-0.15, -0.1) is 0 Å². The Kier molecular flexibility index (Phi) is 5.41. The maximum absolute atomic E-state index is 13.9. The summed E-state index contributed by atoms with van der Waals surface area (Å²) in [6.07, 6.45) is 0. The summed E-state index contributed by atoms with van der Waals surface area (Å²) in [5, 5.41) is 2.53. The van der Waals surface area contributed by atoms with Gasteiger partial charge in [-0.25, -0.2) is 4.39 Å². The highest BCUT2D eigenvalue weighted by molar-refractivity contribution is 6.34. The average molecular weight is 351 g/mol. The van der Waals surface area contributed by atoms with Crippen LogP contribution in [0.1, 0.15) is 20.7 Å². The summed E-state index contributed by atoms with van der Waals surface area (Å²) >= 11 is 5.89. The van der Waals surface area contributed by atoms with Crippen LogP contribution in [0.5, 0.6) is 5.75 Å². The van der Waals surface area contributed by atoms with E-state index in [0.29, 0.717) is 11.3 Å². The number of rotatable bonds is 4. The number of benzene rings is 2. The first-order chi connectivity index (χ1) is 11.3. The van der Waals surface area contributed by atoms with Crippen LogP contribution in [0.4, 0.5) is 10.1 Å². The summed E-state index contributed by atoms with van der Waals surface area (Å²) in [5.74, 6) is -1.37. The molecule has 0 aliphatic carbocycles. The van der Waals surface area contributed by atoms with Gasteiger partial charge in [-0.05, 0) is 30.3 Å². The van der Waals surface area contributed by atoms with Gasteiger partial charge in [-0.1, -0.05) is 17.7 Å². The quantitative estimate of drug-likeness (QED) is 0.918. The fraction of sp³-hybridized carbons (Fsp3) is 0.176. The van der Waals surface area contributed by atoms with Gasteiger partial charge >= 0.3 is 0 Å². The first kappa shape index (κ1) is 17.7. The van der Waals surface area contributed by atoms with E-state index in [-0.39, 0.29) is 22.2 Å². The molecule has 0 spiro atoms. The summed E-state index contributed by atoms with van der Waals surface area (Å²) in [7, 11) is 4.66. The molecule has 0 atom stereocenters. The predicted octanol–water partition coefficient (Wildman–Crippen LogP) is 3.44. The van der Waals surface area contributed by atoms with Crippen molar-refractivity contribution in [3.8, 4) is 5.75 Å². The van der Waals surface area contributed by atoms with Gasteiger partial charge in [-0.3, -0.25) is 9.59 Å². The van der Waals surface area contributed by atoms with E-state index in [1.165, 1.54) is 30.2 Å². The van der Waals surface area contributed by atoms with Crippen molar-refractivity contribution in [2.45, 2.75) is 0 Å². The first-order valence-electron chi connectivity index (χ1n) is 7.00. The highest BCUT2D eigenvalue weighted by Crippen LogP contribution is 2.28. The largest absolute Gasteiger partial charge is 0.495 e. The molecule has 126 valence electrons. The number of hydrogen-bond donors (Lipinski definition) is 1. The second-order valence-electron chi connectivity index (χ2n) is 5.17. The van der Waals surface area contributed by atoms with Gasteiger partial charge in [-0.2, -0.15) is 0 Å². The third kappa shape index (κ3) is 3.65. The highest BCUT2D eigenvalue weighted by atomic mass is 35.5. The van der Waals surface area contributed by atoms with Crippen LogP contribution in [0.15, 0.2) is 36.4 Å². The smallest absolute Gasteiger partial charge is 0.260 e. The van der Waals surface area contributed by atoms with Gasteiger partial charge in [0.2, 0.25) is 0 Å². The lowest BCUT2D eigenvalue weighted by Crippen LogP contribution is -2.22.